The summed E-state index contributed by atoms with van der Waals surface area (Å²) in [5, 5.41) is 3.32. The van der Waals surface area contributed by atoms with E-state index in [2.05, 4.69) is 26.1 Å². The summed E-state index contributed by atoms with van der Waals surface area (Å²) < 4.78 is 4.82. The van der Waals surface area contributed by atoms with Gasteiger partial charge in [-0.1, -0.05) is 52.9 Å². The molecule has 0 aliphatic heterocycles. The zero-order valence-corrected chi connectivity index (χ0v) is 12.6. The number of unbranched alkanes of at least 4 members (excludes halogenated alkanes) is 5. The topological polar surface area (TPSA) is 38.3 Å². The Kier molecular flexibility index (Phi) is 11.2. The summed E-state index contributed by atoms with van der Waals surface area (Å²) in [4.78, 5) is 11.6. The molecular weight excluding hydrogens is 226 g/mol. The van der Waals surface area contributed by atoms with Crippen molar-refractivity contribution in [1.82, 2.24) is 5.32 Å². The zero-order valence-electron chi connectivity index (χ0n) is 12.6. The molecule has 1 N–H and O–H groups in total. The van der Waals surface area contributed by atoms with Gasteiger partial charge in [-0.15, -0.1) is 0 Å². The molecule has 18 heavy (non-hydrogen) atoms. The van der Waals surface area contributed by atoms with Gasteiger partial charge in [0, 0.05) is 0 Å². The smallest absolute Gasteiger partial charge is 0.322 e. The van der Waals surface area contributed by atoms with E-state index in [1.807, 2.05) is 0 Å². The van der Waals surface area contributed by atoms with Crippen LogP contribution in [0.3, 0.4) is 0 Å². The molecule has 0 spiro atoms. The van der Waals surface area contributed by atoms with Gasteiger partial charge < -0.3 is 10.1 Å². The second kappa shape index (κ2) is 11.5. The summed E-state index contributed by atoms with van der Waals surface area (Å²) in [6.07, 6.45) is 8.52. The van der Waals surface area contributed by atoms with Gasteiger partial charge in [0.1, 0.15) is 6.04 Å². The van der Waals surface area contributed by atoms with Gasteiger partial charge in [0.05, 0.1) is 7.11 Å². The minimum absolute atomic E-state index is 0.130. The summed E-state index contributed by atoms with van der Waals surface area (Å²) in [6.45, 7) is 7.40. The van der Waals surface area contributed by atoms with Gasteiger partial charge in [0.15, 0.2) is 0 Å². The van der Waals surface area contributed by atoms with Gasteiger partial charge in [-0.2, -0.15) is 0 Å². The lowest BCUT2D eigenvalue weighted by atomic mass is 10.0. The predicted octanol–water partition coefficient (Wildman–Crippen LogP) is 3.52. The van der Waals surface area contributed by atoms with Crippen LogP contribution in [0.4, 0.5) is 0 Å². The van der Waals surface area contributed by atoms with Gasteiger partial charge in [0.2, 0.25) is 0 Å². The molecule has 0 aromatic carbocycles. The average Bonchev–Trinajstić information content (AvgIpc) is 2.34. The molecule has 0 aliphatic rings. The Balaban J connectivity index is 3.66. The molecule has 0 rings (SSSR count). The lowest BCUT2D eigenvalue weighted by Gasteiger charge is -2.18. The Morgan fingerprint density at radius 2 is 1.72 bits per heavy atom. The first kappa shape index (κ1) is 17.4. The largest absolute Gasteiger partial charge is 0.468 e. The van der Waals surface area contributed by atoms with Crippen molar-refractivity contribution in [3.8, 4) is 0 Å². The molecule has 0 saturated heterocycles. The quantitative estimate of drug-likeness (QED) is 0.454. The van der Waals surface area contributed by atoms with Crippen LogP contribution < -0.4 is 5.32 Å². The van der Waals surface area contributed by atoms with Gasteiger partial charge in [-0.05, 0) is 25.3 Å². The zero-order chi connectivity index (χ0) is 13.8. The first-order valence-corrected chi connectivity index (χ1v) is 7.43. The van der Waals surface area contributed by atoms with E-state index in [9.17, 15) is 4.79 Å². The summed E-state index contributed by atoms with van der Waals surface area (Å²) in [7, 11) is 1.46. The summed E-state index contributed by atoms with van der Waals surface area (Å²) in [5.41, 5.74) is 0. The highest BCUT2D eigenvalue weighted by molar-refractivity contribution is 5.75. The maximum atomic E-state index is 11.6. The van der Waals surface area contributed by atoms with E-state index in [1.54, 1.807) is 0 Å². The Labute approximate surface area is 113 Å². The Morgan fingerprint density at radius 3 is 2.28 bits per heavy atom. The number of hydrogen-bond donors (Lipinski definition) is 1. The van der Waals surface area contributed by atoms with Crippen molar-refractivity contribution in [3.63, 3.8) is 0 Å². The highest BCUT2D eigenvalue weighted by Gasteiger charge is 2.19. The fraction of sp³-hybridized carbons (Fsp3) is 0.933. The monoisotopic (exact) mass is 257 g/mol. The van der Waals surface area contributed by atoms with Crippen LogP contribution in [0.1, 0.15) is 65.7 Å². The van der Waals surface area contributed by atoms with Crippen molar-refractivity contribution < 1.29 is 9.53 Å². The van der Waals surface area contributed by atoms with Crippen molar-refractivity contribution in [2.24, 2.45) is 5.92 Å². The second-order valence-electron chi connectivity index (χ2n) is 5.43. The van der Waals surface area contributed by atoms with E-state index in [0.717, 1.165) is 19.4 Å². The van der Waals surface area contributed by atoms with Crippen LogP contribution in [0, 0.1) is 5.92 Å². The van der Waals surface area contributed by atoms with Crippen LogP contribution in [0.5, 0.6) is 0 Å². The van der Waals surface area contributed by atoms with Crippen LogP contribution >= 0.6 is 0 Å². The van der Waals surface area contributed by atoms with E-state index in [-0.39, 0.29) is 12.0 Å². The summed E-state index contributed by atoms with van der Waals surface area (Å²) >= 11 is 0. The standard InChI is InChI=1S/C15H31NO2/c1-5-6-7-8-9-10-11-16-14(12-13(2)3)15(17)18-4/h13-14,16H,5-12H2,1-4H3. The predicted molar refractivity (Wildman–Crippen MR) is 76.6 cm³/mol. The number of methoxy groups -OCH3 is 1. The molecule has 1 unspecified atom stereocenters. The Bertz CT molecular complexity index is 205. The summed E-state index contributed by atoms with van der Waals surface area (Å²) in [5.74, 6) is 0.376. The molecule has 0 heterocycles. The maximum Gasteiger partial charge on any atom is 0.322 e. The van der Waals surface area contributed by atoms with E-state index < -0.39 is 0 Å². The van der Waals surface area contributed by atoms with Crippen LogP contribution in [-0.2, 0) is 9.53 Å². The normalized spacial score (nSPS) is 12.7. The molecule has 0 fully saturated rings. The minimum atomic E-state index is -0.134. The fourth-order valence-corrected chi connectivity index (χ4v) is 2.06. The molecule has 0 aliphatic carbocycles. The molecular formula is C15H31NO2. The van der Waals surface area contributed by atoms with Gasteiger partial charge in [-0.25, -0.2) is 0 Å². The highest BCUT2D eigenvalue weighted by Crippen LogP contribution is 2.07. The van der Waals surface area contributed by atoms with Crippen molar-refractivity contribution in [2.45, 2.75) is 71.8 Å². The molecule has 3 nitrogen and oxygen atoms in total. The molecule has 0 amide bonds. The van der Waals surface area contributed by atoms with Crippen LogP contribution in [0.25, 0.3) is 0 Å². The van der Waals surface area contributed by atoms with Crippen LogP contribution in [-0.4, -0.2) is 25.7 Å². The third-order valence-electron chi connectivity index (χ3n) is 3.11. The van der Waals surface area contributed by atoms with Crippen LogP contribution in [0.2, 0.25) is 0 Å². The van der Waals surface area contributed by atoms with Gasteiger partial charge in [-0.3, -0.25) is 4.79 Å². The molecule has 1 atom stereocenters. The van der Waals surface area contributed by atoms with E-state index >= 15 is 0 Å². The van der Waals surface area contributed by atoms with E-state index in [0.29, 0.717) is 5.92 Å². The number of carbonyl (C=O) groups is 1. The molecule has 3 heteroatoms. The van der Waals surface area contributed by atoms with E-state index in [1.165, 1.54) is 39.2 Å². The molecule has 0 saturated carbocycles. The third-order valence-corrected chi connectivity index (χ3v) is 3.11. The van der Waals surface area contributed by atoms with Crippen LogP contribution in [0.15, 0.2) is 0 Å². The number of nitrogens with one attached hydrogen (secondary N) is 1. The number of rotatable bonds is 11. The Morgan fingerprint density at radius 1 is 1.11 bits per heavy atom. The van der Waals surface area contributed by atoms with Crippen molar-refractivity contribution in [2.75, 3.05) is 13.7 Å². The first-order valence-electron chi connectivity index (χ1n) is 7.43. The van der Waals surface area contributed by atoms with Gasteiger partial charge in [0.25, 0.3) is 0 Å². The number of hydrogen-bond acceptors (Lipinski definition) is 3. The van der Waals surface area contributed by atoms with E-state index in [4.69, 9.17) is 4.74 Å². The summed E-state index contributed by atoms with van der Waals surface area (Å²) in [6, 6.07) is -0.134. The lowest BCUT2D eigenvalue weighted by Crippen LogP contribution is -2.39. The SMILES string of the molecule is CCCCCCCCNC(CC(C)C)C(=O)OC. The molecule has 0 radical (unpaired) electrons. The number of esters is 1. The third kappa shape index (κ3) is 9.46. The lowest BCUT2D eigenvalue weighted by molar-refractivity contribution is -0.143. The van der Waals surface area contributed by atoms with Crippen molar-refractivity contribution in [3.05, 3.63) is 0 Å². The van der Waals surface area contributed by atoms with Crippen molar-refractivity contribution in [1.29, 1.82) is 0 Å². The number of carbonyl (C=O) groups excluding carboxylic acids is 1. The maximum absolute atomic E-state index is 11.6. The molecule has 108 valence electrons. The fourth-order valence-electron chi connectivity index (χ4n) is 2.06. The molecule has 0 aromatic rings. The molecule has 0 aromatic heterocycles. The second-order valence-corrected chi connectivity index (χ2v) is 5.43. The van der Waals surface area contributed by atoms with Crippen molar-refractivity contribution >= 4 is 5.97 Å². The number of ether oxygens (including phenoxy) is 1. The van der Waals surface area contributed by atoms with Gasteiger partial charge >= 0.3 is 5.97 Å². The Hall–Kier alpha value is -0.570. The average molecular weight is 257 g/mol. The highest BCUT2D eigenvalue weighted by atomic mass is 16.5. The molecule has 0 bridgehead atoms. The minimum Gasteiger partial charge on any atom is -0.468 e. The first-order chi connectivity index (χ1) is 8.61.